The van der Waals surface area contributed by atoms with Gasteiger partial charge in [0.05, 0.1) is 6.04 Å². The topological polar surface area (TPSA) is 27.8 Å². The average molecular weight is 420 g/mol. The number of H-pyrrole nitrogens is 1. The Balaban J connectivity index is 1.88. The molecule has 2 nitrogen and oxygen atoms in total. The Morgan fingerprint density at radius 2 is 1.91 bits per heavy atom. The van der Waals surface area contributed by atoms with Crippen molar-refractivity contribution in [3.63, 3.8) is 0 Å². The van der Waals surface area contributed by atoms with E-state index in [9.17, 15) is 0 Å². The van der Waals surface area contributed by atoms with E-state index < -0.39 is 0 Å². The first-order chi connectivity index (χ1) is 10.6. The van der Waals surface area contributed by atoms with Crippen LogP contribution in [-0.2, 0) is 6.42 Å². The third-order valence-corrected chi connectivity index (χ3v) is 6.26. The number of aromatic nitrogens is 1. The maximum atomic E-state index is 3.65. The van der Waals surface area contributed by atoms with Gasteiger partial charge in [-0.25, -0.2) is 0 Å². The standard InChI is InChI=1S/C18H16Br2N2/c1-10-2-5-16-13(8-10)12-6-7-21-17(18(12)22-16)11-3-4-14(19)15(20)9-11/h2-5,8-9,17,21-22H,6-7H2,1H3. The second-order valence-electron chi connectivity index (χ2n) is 5.88. The van der Waals surface area contributed by atoms with Crippen LogP contribution in [0, 0.1) is 6.92 Å². The van der Waals surface area contributed by atoms with Gasteiger partial charge in [0.1, 0.15) is 0 Å². The average Bonchev–Trinajstić information content (AvgIpc) is 2.88. The van der Waals surface area contributed by atoms with Crippen LogP contribution in [0.5, 0.6) is 0 Å². The smallest absolute Gasteiger partial charge is 0.0732 e. The highest BCUT2D eigenvalue weighted by atomic mass is 79.9. The monoisotopic (exact) mass is 418 g/mol. The van der Waals surface area contributed by atoms with E-state index in [2.05, 4.69) is 85.5 Å². The quantitative estimate of drug-likeness (QED) is 0.554. The Morgan fingerprint density at radius 1 is 1.05 bits per heavy atom. The van der Waals surface area contributed by atoms with Crippen LogP contribution in [0.15, 0.2) is 45.3 Å². The van der Waals surface area contributed by atoms with Crippen molar-refractivity contribution in [3.05, 3.63) is 67.7 Å². The fourth-order valence-corrected chi connectivity index (χ4v) is 3.96. The van der Waals surface area contributed by atoms with E-state index in [1.807, 2.05) is 0 Å². The van der Waals surface area contributed by atoms with E-state index in [0.29, 0.717) is 0 Å². The molecule has 0 fully saturated rings. The number of benzene rings is 2. The van der Waals surface area contributed by atoms with Gasteiger partial charge in [0.25, 0.3) is 0 Å². The molecule has 22 heavy (non-hydrogen) atoms. The zero-order chi connectivity index (χ0) is 15.3. The van der Waals surface area contributed by atoms with Crippen LogP contribution in [0.2, 0.25) is 0 Å². The molecule has 3 aromatic rings. The van der Waals surface area contributed by atoms with Gasteiger partial charge in [0.2, 0.25) is 0 Å². The van der Waals surface area contributed by atoms with Gasteiger partial charge in [-0.2, -0.15) is 0 Å². The first-order valence-corrected chi connectivity index (χ1v) is 9.01. The molecule has 4 rings (SSSR count). The predicted octanol–water partition coefficient (Wildman–Crippen LogP) is 5.24. The molecule has 4 heteroatoms. The van der Waals surface area contributed by atoms with E-state index in [1.165, 1.54) is 33.3 Å². The lowest BCUT2D eigenvalue weighted by Gasteiger charge is -2.25. The van der Waals surface area contributed by atoms with Gasteiger partial charge in [0.15, 0.2) is 0 Å². The Bertz CT molecular complexity index is 867. The second-order valence-corrected chi connectivity index (χ2v) is 7.59. The van der Waals surface area contributed by atoms with Crippen LogP contribution < -0.4 is 5.32 Å². The van der Waals surface area contributed by atoms with Gasteiger partial charge in [0, 0.05) is 32.1 Å². The first kappa shape index (κ1) is 14.5. The van der Waals surface area contributed by atoms with Gasteiger partial charge in [-0.3, -0.25) is 0 Å². The molecule has 0 radical (unpaired) electrons. The van der Waals surface area contributed by atoms with Crippen LogP contribution >= 0.6 is 31.9 Å². The molecule has 2 N–H and O–H groups in total. The van der Waals surface area contributed by atoms with Crippen molar-refractivity contribution in [2.45, 2.75) is 19.4 Å². The van der Waals surface area contributed by atoms with Crippen molar-refractivity contribution >= 4 is 42.8 Å². The third kappa shape index (κ3) is 2.34. The zero-order valence-electron chi connectivity index (χ0n) is 12.2. The summed E-state index contributed by atoms with van der Waals surface area (Å²) < 4.78 is 2.17. The fourth-order valence-electron chi connectivity index (χ4n) is 3.32. The Labute approximate surface area is 146 Å². The summed E-state index contributed by atoms with van der Waals surface area (Å²) >= 11 is 7.16. The lowest BCUT2D eigenvalue weighted by atomic mass is 9.94. The minimum absolute atomic E-state index is 0.223. The molecule has 0 spiro atoms. The molecular weight excluding hydrogens is 404 g/mol. The Morgan fingerprint density at radius 3 is 2.73 bits per heavy atom. The molecule has 112 valence electrons. The largest absolute Gasteiger partial charge is 0.357 e. The Kier molecular flexibility index (Phi) is 3.63. The van der Waals surface area contributed by atoms with Crippen molar-refractivity contribution in [3.8, 4) is 0 Å². The van der Waals surface area contributed by atoms with E-state index in [-0.39, 0.29) is 6.04 Å². The van der Waals surface area contributed by atoms with E-state index in [4.69, 9.17) is 0 Å². The predicted molar refractivity (Wildman–Crippen MR) is 98.4 cm³/mol. The number of rotatable bonds is 1. The second kappa shape index (κ2) is 5.52. The van der Waals surface area contributed by atoms with Crippen LogP contribution in [0.1, 0.15) is 28.4 Å². The molecule has 0 amide bonds. The van der Waals surface area contributed by atoms with Crippen molar-refractivity contribution in [2.75, 3.05) is 6.54 Å². The molecule has 1 aromatic heterocycles. The molecule has 0 saturated heterocycles. The Hall–Kier alpha value is -1.10. The van der Waals surface area contributed by atoms with E-state index >= 15 is 0 Å². The summed E-state index contributed by atoms with van der Waals surface area (Å²) in [5, 5.41) is 5.02. The van der Waals surface area contributed by atoms with Gasteiger partial charge >= 0.3 is 0 Å². The summed E-state index contributed by atoms with van der Waals surface area (Å²) in [7, 11) is 0. The highest BCUT2D eigenvalue weighted by Crippen LogP contribution is 2.35. The first-order valence-electron chi connectivity index (χ1n) is 7.43. The summed E-state index contributed by atoms with van der Waals surface area (Å²) in [6.07, 6.45) is 1.08. The van der Waals surface area contributed by atoms with Crippen LogP contribution in [0.25, 0.3) is 10.9 Å². The lowest BCUT2D eigenvalue weighted by Crippen LogP contribution is -2.30. The molecule has 0 aliphatic carbocycles. The molecule has 1 aliphatic heterocycles. The molecule has 1 aliphatic rings. The molecule has 2 heterocycles. The number of aromatic amines is 1. The van der Waals surface area contributed by atoms with Crippen LogP contribution in [-0.4, -0.2) is 11.5 Å². The number of halogens is 2. The normalized spacial score (nSPS) is 17.7. The fraction of sp³-hybridized carbons (Fsp3) is 0.222. The number of hydrogen-bond donors (Lipinski definition) is 2. The van der Waals surface area contributed by atoms with Crippen LogP contribution in [0.3, 0.4) is 0 Å². The summed E-state index contributed by atoms with van der Waals surface area (Å²) in [5.41, 5.74) is 6.60. The summed E-state index contributed by atoms with van der Waals surface area (Å²) in [4.78, 5) is 3.64. The minimum Gasteiger partial charge on any atom is -0.357 e. The number of aryl methyl sites for hydroxylation is 1. The van der Waals surface area contributed by atoms with E-state index in [0.717, 1.165) is 21.9 Å². The molecule has 0 bridgehead atoms. The van der Waals surface area contributed by atoms with Crippen molar-refractivity contribution in [1.29, 1.82) is 0 Å². The van der Waals surface area contributed by atoms with Crippen molar-refractivity contribution < 1.29 is 0 Å². The number of nitrogens with one attached hydrogen (secondary N) is 2. The number of hydrogen-bond acceptors (Lipinski definition) is 1. The van der Waals surface area contributed by atoms with Crippen molar-refractivity contribution in [2.24, 2.45) is 0 Å². The maximum absolute atomic E-state index is 3.65. The molecular formula is C18H16Br2N2. The highest BCUT2D eigenvalue weighted by molar-refractivity contribution is 9.13. The van der Waals surface area contributed by atoms with Crippen molar-refractivity contribution in [1.82, 2.24) is 10.3 Å². The molecule has 0 saturated carbocycles. The molecule has 1 unspecified atom stereocenters. The lowest BCUT2D eigenvalue weighted by molar-refractivity contribution is 0.560. The van der Waals surface area contributed by atoms with Gasteiger partial charge in [-0.1, -0.05) is 17.7 Å². The highest BCUT2D eigenvalue weighted by Gasteiger charge is 2.25. The SMILES string of the molecule is Cc1ccc2[nH]c3c(c2c1)CCNC3c1ccc(Br)c(Br)c1. The van der Waals surface area contributed by atoms with E-state index in [1.54, 1.807) is 0 Å². The third-order valence-electron chi connectivity index (χ3n) is 4.38. The van der Waals surface area contributed by atoms with Gasteiger partial charge in [-0.15, -0.1) is 0 Å². The zero-order valence-corrected chi connectivity index (χ0v) is 15.4. The minimum atomic E-state index is 0.223. The molecule has 1 atom stereocenters. The maximum Gasteiger partial charge on any atom is 0.0732 e. The van der Waals surface area contributed by atoms with Gasteiger partial charge in [-0.05, 0) is 80.6 Å². The summed E-state index contributed by atoms with van der Waals surface area (Å²) in [5.74, 6) is 0. The van der Waals surface area contributed by atoms with Gasteiger partial charge < -0.3 is 10.3 Å². The van der Waals surface area contributed by atoms with Crippen LogP contribution in [0.4, 0.5) is 0 Å². The molecule has 2 aromatic carbocycles. The number of fused-ring (bicyclic) bond motifs is 3. The summed E-state index contributed by atoms with van der Waals surface area (Å²) in [6, 6.07) is 13.3. The summed E-state index contributed by atoms with van der Waals surface area (Å²) in [6.45, 7) is 3.16.